The van der Waals surface area contributed by atoms with E-state index in [0.29, 0.717) is 0 Å². The summed E-state index contributed by atoms with van der Waals surface area (Å²) >= 11 is 0. The summed E-state index contributed by atoms with van der Waals surface area (Å²) in [5.74, 6) is 0. The SMILES string of the molecule is C=CC1NC(C)(C)CO1. The van der Waals surface area contributed by atoms with E-state index in [4.69, 9.17) is 4.74 Å². The van der Waals surface area contributed by atoms with E-state index in [1.54, 1.807) is 6.08 Å². The monoisotopic (exact) mass is 127 g/mol. The van der Waals surface area contributed by atoms with Crippen LogP contribution in [0.4, 0.5) is 0 Å². The lowest BCUT2D eigenvalue weighted by atomic mass is 10.1. The molecule has 0 aliphatic carbocycles. The van der Waals surface area contributed by atoms with Gasteiger partial charge in [0.05, 0.1) is 6.61 Å². The summed E-state index contributed by atoms with van der Waals surface area (Å²) in [5, 5.41) is 3.24. The molecular weight excluding hydrogens is 114 g/mol. The van der Waals surface area contributed by atoms with Gasteiger partial charge in [0.25, 0.3) is 0 Å². The zero-order valence-electron chi connectivity index (χ0n) is 5.98. The molecule has 1 atom stereocenters. The minimum Gasteiger partial charge on any atom is -0.358 e. The van der Waals surface area contributed by atoms with Gasteiger partial charge < -0.3 is 4.74 Å². The molecule has 0 aromatic rings. The maximum atomic E-state index is 5.29. The Labute approximate surface area is 55.9 Å². The Hall–Kier alpha value is -0.340. The van der Waals surface area contributed by atoms with E-state index in [-0.39, 0.29) is 11.8 Å². The Morgan fingerprint density at radius 1 is 1.78 bits per heavy atom. The van der Waals surface area contributed by atoms with Gasteiger partial charge in [-0.25, -0.2) is 0 Å². The highest BCUT2D eigenvalue weighted by Crippen LogP contribution is 2.13. The Balaban J connectivity index is 2.47. The Morgan fingerprint density at radius 3 is 2.67 bits per heavy atom. The van der Waals surface area contributed by atoms with Crippen molar-refractivity contribution in [1.82, 2.24) is 5.32 Å². The minimum atomic E-state index is 0.0556. The molecule has 2 nitrogen and oxygen atoms in total. The van der Waals surface area contributed by atoms with Crippen LogP contribution in [0.25, 0.3) is 0 Å². The molecule has 0 bridgehead atoms. The van der Waals surface area contributed by atoms with E-state index in [2.05, 4.69) is 25.7 Å². The average molecular weight is 127 g/mol. The first kappa shape index (κ1) is 6.78. The Morgan fingerprint density at radius 2 is 2.44 bits per heavy atom. The van der Waals surface area contributed by atoms with Crippen molar-refractivity contribution >= 4 is 0 Å². The second-order valence-corrected chi connectivity index (χ2v) is 3.00. The van der Waals surface area contributed by atoms with Gasteiger partial charge in [0.15, 0.2) is 0 Å². The molecular formula is C7H13NO. The van der Waals surface area contributed by atoms with Gasteiger partial charge in [0.2, 0.25) is 0 Å². The van der Waals surface area contributed by atoms with Crippen LogP contribution in [0.2, 0.25) is 0 Å². The molecule has 1 saturated heterocycles. The van der Waals surface area contributed by atoms with Crippen LogP contribution in [0.3, 0.4) is 0 Å². The normalized spacial score (nSPS) is 32.4. The molecule has 9 heavy (non-hydrogen) atoms. The summed E-state index contributed by atoms with van der Waals surface area (Å²) in [6.45, 7) is 8.60. The van der Waals surface area contributed by atoms with Crippen molar-refractivity contribution in [3.05, 3.63) is 12.7 Å². The van der Waals surface area contributed by atoms with Crippen molar-refractivity contribution in [1.29, 1.82) is 0 Å². The molecule has 1 aliphatic heterocycles. The molecule has 1 unspecified atom stereocenters. The summed E-state index contributed by atoms with van der Waals surface area (Å²) in [6, 6.07) is 0. The van der Waals surface area contributed by atoms with Gasteiger partial charge in [-0.05, 0) is 19.9 Å². The molecule has 1 aliphatic rings. The van der Waals surface area contributed by atoms with Gasteiger partial charge in [-0.15, -0.1) is 0 Å². The largest absolute Gasteiger partial charge is 0.358 e. The fourth-order valence-electron chi connectivity index (χ4n) is 0.894. The molecule has 1 N–H and O–H groups in total. The topological polar surface area (TPSA) is 21.3 Å². The summed E-state index contributed by atoms with van der Waals surface area (Å²) in [6.07, 6.45) is 1.83. The number of hydrogen-bond acceptors (Lipinski definition) is 2. The molecule has 0 aromatic heterocycles. The number of rotatable bonds is 1. The number of ether oxygens (including phenoxy) is 1. The third-order valence-corrected chi connectivity index (χ3v) is 1.37. The van der Waals surface area contributed by atoms with Gasteiger partial charge in [0, 0.05) is 5.54 Å². The van der Waals surface area contributed by atoms with Gasteiger partial charge >= 0.3 is 0 Å². The van der Waals surface area contributed by atoms with Gasteiger partial charge in [-0.2, -0.15) is 0 Å². The first-order chi connectivity index (χ1) is 4.14. The van der Waals surface area contributed by atoms with E-state index >= 15 is 0 Å². The summed E-state index contributed by atoms with van der Waals surface area (Å²) in [5.41, 5.74) is 0.124. The molecule has 2 heteroatoms. The van der Waals surface area contributed by atoms with E-state index in [0.717, 1.165) is 6.61 Å². The van der Waals surface area contributed by atoms with Crippen LogP contribution in [0.5, 0.6) is 0 Å². The number of nitrogens with one attached hydrogen (secondary N) is 1. The summed E-state index contributed by atoms with van der Waals surface area (Å²) in [4.78, 5) is 0. The molecule has 1 fully saturated rings. The second kappa shape index (κ2) is 2.12. The predicted molar refractivity (Wildman–Crippen MR) is 37.2 cm³/mol. The fraction of sp³-hybridized carbons (Fsp3) is 0.714. The molecule has 52 valence electrons. The molecule has 0 spiro atoms. The second-order valence-electron chi connectivity index (χ2n) is 3.00. The maximum absolute atomic E-state index is 5.29. The van der Waals surface area contributed by atoms with Crippen molar-refractivity contribution in [3.63, 3.8) is 0 Å². The van der Waals surface area contributed by atoms with Crippen LogP contribution in [0.1, 0.15) is 13.8 Å². The van der Waals surface area contributed by atoms with Crippen molar-refractivity contribution in [2.24, 2.45) is 0 Å². The van der Waals surface area contributed by atoms with Crippen LogP contribution in [-0.2, 0) is 4.74 Å². The zero-order valence-corrected chi connectivity index (χ0v) is 5.98. The highest BCUT2D eigenvalue weighted by atomic mass is 16.5. The van der Waals surface area contributed by atoms with E-state index in [1.165, 1.54) is 0 Å². The minimum absolute atomic E-state index is 0.0556. The summed E-state index contributed by atoms with van der Waals surface area (Å²) < 4.78 is 5.29. The Bertz CT molecular complexity index is 120. The van der Waals surface area contributed by atoms with Crippen LogP contribution >= 0.6 is 0 Å². The third-order valence-electron chi connectivity index (χ3n) is 1.37. The lowest BCUT2D eigenvalue weighted by Crippen LogP contribution is -2.38. The van der Waals surface area contributed by atoms with Crippen molar-refractivity contribution in [2.75, 3.05) is 6.61 Å². The summed E-state index contributed by atoms with van der Waals surface area (Å²) in [7, 11) is 0. The first-order valence-corrected chi connectivity index (χ1v) is 3.16. The molecule has 1 heterocycles. The van der Waals surface area contributed by atoms with E-state index in [1.807, 2.05) is 0 Å². The van der Waals surface area contributed by atoms with Crippen molar-refractivity contribution in [3.8, 4) is 0 Å². The Kier molecular flexibility index (Phi) is 1.60. The molecule has 0 saturated carbocycles. The highest BCUT2D eigenvalue weighted by molar-refractivity contribution is 4.92. The standard InChI is InChI=1S/C7H13NO/c1-4-6-8-7(2,3)5-9-6/h4,6,8H,1,5H2,2-3H3. The number of hydrogen-bond donors (Lipinski definition) is 1. The quantitative estimate of drug-likeness (QED) is 0.528. The molecule has 0 amide bonds. The molecule has 0 aromatic carbocycles. The van der Waals surface area contributed by atoms with Crippen LogP contribution < -0.4 is 5.32 Å². The average Bonchev–Trinajstić information content (AvgIpc) is 2.10. The van der Waals surface area contributed by atoms with Crippen LogP contribution in [-0.4, -0.2) is 18.4 Å². The van der Waals surface area contributed by atoms with Gasteiger partial charge in [-0.1, -0.05) is 6.58 Å². The van der Waals surface area contributed by atoms with Gasteiger partial charge in [-0.3, -0.25) is 5.32 Å². The van der Waals surface area contributed by atoms with Crippen LogP contribution in [0, 0.1) is 0 Å². The van der Waals surface area contributed by atoms with Crippen molar-refractivity contribution < 1.29 is 4.74 Å². The molecule has 1 rings (SSSR count). The molecule has 0 radical (unpaired) electrons. The third kappa shape index (κ3) is 1.53. The van der Waals surface area contributed by atoms with Crippen molar-refractivity contribution in [2.45, 2.75) is 25.6 Å². The fourth-order valence-corrected chi connectivity index (χ4v) is 0.894. The predicted octanol–water partition coefficient (Wildman–Crippen LogP) is 0.897. The zero-order chi connectivity index (χ0) is 6.91. The van der Waals surface area contributed by atoms with E-state index < -0.39 is 0 Å². The first-order valence-electron chi connectivity index (χ1n) is 3.16. The van der Waals surface area contributed by atoms with Crippen LogP contribution in [0.15, 0.2) is 12.7 Å². The maximum Gasteiger partial charge on any atom is 0.127 e. The van der Waals surface area contributed by atoms with Gasteiger partial charge in [0.1, 0.15) is 6.23 Å². The lowest BCUT2D eigenvalue weighted by Gasteiger charge is -2.14. The lowest BCUT2D eigenvalue weighted by molar-refractivity contribution is 0.133. The smallest absolute Gasteiger partial charge is 0.127 e. The van der Waals surface area contributed by atoms with E-state index in [9.17, 15) is 0 Å². The highest BCUT2D eigenvalue weighted by Gasteiger charge is 2.28.